The number of carbonyl (C=O) groups excluding carboxylic acids is 1. The third-order valence-corrected chi connectivity index (χ3v) is 3.11. The predicted molar refractivity (Wildman–Crippen MR) is 73.3 cm³/mol. The highest BCUT2D eigenvalue weighted by Gasteiger charge is 2.13. The molecule has 1 aromatic heterocycles. The van der Waals surface area contributed by atoms with Crippen molar-refractivity contribution in [3.8, 4) is 0 Å². The van der Waals surface area contributed by atoms with Gasteiger partial charge in [-0.15, -0.1) is 0 Å². The lowest BCUT2D eigenvalue weighted by Crippen LogP contribution is -2.43. The van der Waals surface area contributed by atoms with Crippen LogP contribution in [0.2, 0.25) is 0 Å². The van der Waals surface area contributed by atoms with E-state index in [1.54, 1.807) is 19.2 Å². The molecule has 6 nitrogen and oxygen atoms in total. The van der Waals surface area contributed by atoms with E-state index in [-0.39, 0.29) is 18.6 Å². The van der Waals surface area contributed by atoms with E-state index in [0.717, 1.165) is 31.9 Å². The molecule has 0 aromatic carbocycles. The highest BCUT2D eigenvalue weighted by molar-refractivity contribution is 5.92. The molecule has 1 saturated heterocycles. The number of aliphatic hydroxyl groups is 1. The molecule has 1 fully saturated rings. The van der Waals surface area contributed by atoms with E-state index in [2.05, 4.69) is 20.5 Å². The smallest absolute Gasteiger partial charge is 0.270 e. The van der Waals surface area contributed by atoms with Gasteiger partial charge in [0, 0.05) is 32.2 Å². The minimum atomic E-state index is -0.262. The van der Waals surface area contributed by atoms with Crippen molar-refractivity contribution in [1.29, 1.82) is 0 Å². The molecule has 1 aliphatic rings. The monoisotopic (exact) mass is 264 g/mol. The van der Waals surface area contributed by atoms with Gasteiger partial charge in [0.05, 0.1) is 18.5 Å². The van der Waals surface area contributed by atoms with Crippen molar-refractivity contribution >= 4 is 11.6 Å². The number of carbonyl (C=O) groups is 1. The quantitative estimate of drug-likeness (QED) is 0.690. The summed E-state index contributed by atoms with van der Waals surface area (Å²) in [6, 6.07) is 3.37. The number of nitrogens with one attached hydrogen (secondary N) is 2. The number of hydrogen-bond donors (Lipinski definition) is 3. The highest BCUT2D eigenvalue weighted by Crippen LogP contribution is 2.13. The Bertz CT molecular complexity index is 415. The van der Waals surface area contributed by atoms with Crippen LogP contribution in [0.3, 0.4) is 0 Å². The van der Waals surface area contributed by atoms with Gasteiger partial charge in [-0.25, -0.2) is 4.98 Å². The number of piperazine rings is 1. The van der Waals surface area contributed by atoms with Crippen molar-refractivity contribution in [2.75, 3.05) is 37.7 Å². The Morgan fingerprint density at radius 1 is 1.53 bits per heavy atom. The second kappa shape index (κ2) is 6.49. The molecule has 1 aliphatic heterocycles. The molecule has 2 rings (SSSR count). The van der Waals surface area contributed by atoms with E-state index in [9.17, 15) is 4.79 Å². The molecular weight excluding hydrogens is 244 g/mol. The van der Waals surface area contributed by atoms with Crippen LogP contribution in [0.25, 0.3) is 0 Å². The number of nitrogens with zero attached hydrogens (tertiary/aromatic N) is 2. The molecule has 0 saturated carbocycles. The fourth-order valence-corrected chi connectivity index (χ4v) is 1.97. The Kier molecular flexibility index (Phi) is 4.70. The fraction of sp³-hybridized carbons (Fsp3) is 0.538. The lowest BCUT2D eigenvalue weighted by molar-refractivity contribution is 0.0917. The van der Waals surface area contributed by atoms with Crippen molar-refractivity contribution in [3.63, 3.8) is 0 Å². The van der Waals surface area contributed by atoms with Crippen molar-refractivity contribution in [3.05, 3.63) is 24.0 Å². The summed E-state index contributed by atoms with van der Waals surface area (Å²) in [4.78, 5) is 18.2. The first-order valence-corrected chi connectivity index (χ1v) is 6.54. The molecule has 6 heteroatoms. The third kappa shape index (κ3) is 3.65. The molecule has 2 heterocycles. The summed E-state index contributed by atoms with van der Waals surface area (Å²) in [5.41, 5.74) is 1.41. The van der Waals surface area contributed by atoms with Gasteiger partial charge in [-0.2, -0.15) is 0 Å². The lowest BCUT2D eigenvalue weighted by atomic mass is 10.2. The number of aliphatic hydroxyl groups excluding tert-OH is 1. The maximum Gasteiger partial charge on any atom is 0.270 e. The Balaban J connectivity index is 1.99. The molecule has 1 amide bonds. The van der Waals surface area contributed by atoms with Gasteiger partial charge in [0.15, 0.2) is 0 Å². The average Bonchev–Trinajstić information content (AvgIpc) is 2.48. The Morgan fingerprint density at radius 3 is 2.84 bits per heavy atom. The largest absolute Gasteiger partial charge is 0.394 e. The van der Waals surface area contributed by atoms with Gasteiger partial charge in [-0.1, -0.05) is 0 Å². The zero-order chi connectivity index (χ0) is 13.7. The molecule has 19 heavy (non-hydrogen) atoms. The van der Waals surface area contributed by atoms with Crippen molar-refractivity contribution in [2.45, 2.75) is 13.0 Å². The number of anilines is 1. The summed E-state index contributed by atoms with van der Waals surface area (Å²) in [7, 11) is 0. The van der Waals surface area contributed by atoms with E-state index in [0.29, 0.717) is 5.69 Å². The van der Waals surface area contributed by atoms with E-state index < -0.39 is 0 Å². The first-order valence-electron chi connectivity index (χ1n) is 6.54. The van der Waals surface area contributed by atoms with E-state index >= 15 is 0 Å². The Hall–Kier alpha value is -1.66. The maximum atomic E-state index is 11.8. The standard InChI is InChI=1S/C13H20N4O2/c1-10(9-18)16-13(19)12-3-2-11(8-15-12)17-6-4-14-5-7-17/h2-3,8,10,14,18H,4-7,9H2,1H3,(H,16,19). The van der Waals surface area contributed by atoms with Crippen LogP contribution in [-0.2, 0) is 0 Å². The summed E-state index contributed by atoms with van der Waals surface area (Å²) in [5.74, 6) is -0.256. The van der Waals surface area contributed by atoms with Crippen molar-refractivity contribution in [2.24, 2.45) is 0 Å². The first-order chi connectivity index (χ1) is 9.20. The molecular formula is C13H20N4O2. The number of hydrogen-bond acceptors (Lipinski definition) is 5. The molecule has 1 unspecified atom stereocenters. The van der Waals surface area contributed by atoms with Crippen LogP contribution in [0.5, 0.6) is 0 Å². The molecule has 0 radical (unpaired) electrons. The highest BCUT2D eigenvalue weighted by atomic mass is 16.3. The molecule has 1 atom stereocenters. The SMILES string of the molecule is CC(CO)NC(=O)c1ccc(N2CCNCC2)cn1. The minimum Gasteiger partial charge on any atom is -0.394 e. The molecule has 104 valence electrons. The van der Waals surface area contributed by atoms with Gasteiger partial charge in [0.25, 0.3) is 5.91 Å². The lowest BCUT2D eigenvalue weighted by Gasteiger charge is -2.29. The Labute approximate surface area is 112 Å². The topological polar surface area (TPSA) is 77.5 Å². The van der Waals surface area contributed by atoms with Crippen LogP contribution in [0.1, 0.15) is 17.4 Å². The van der Waals surface area contributed by atoms with Gasteiger partial charge in [-0.05, 0) is 19.1 Å². The number of aromatic nitrogens is 1. The third-order valence-electron chi connectivity index (χ3n) is 3.11. The van der Waals surface area contributed by atoms with Gasteiger partial charge < -0.3 is 20.6 Å². The summed E-state index contributed by atoms with van der Waals surface area (Å²) in [6.45, 7) is 5.51. The number of pyridine rings is 1. The normalized spacial score (nSPS) is 17.1. The maximum absolute atomic E-state index is 11.8. The van der Waals surface area contributed by atoms with Crippen LogP contribution >= 0.6 is 0 Å². The second-order valence-corrected chi connectivity index (χ2v) is 4.70. The van der Waals surface area contributed by atoms with Crippen molar-refractivity contribution < 1.29 is 9.90 Å². The molecule has 0 aliphatic carbocycles. The van der Waals surface area contributed by atoms with Crippen LogP contribution < -0.4 is 15.5 Å². The fourth-order valence-electron chi connectivity index (χ4n) is 1.97. The van der Waals surface area contributed by atoms with E-state index in [1.807, 2.05) is 6.07 Å². The minimum absolute atomic E-state index is 0.0788. The summed E-state index contributed by atoms with van der Waals surface area (Å²) in [5, 5.41) is 14.9. The summed E-state index contributed by atoms with van der Waals surface area (Å²) in [6.07, 6.45) is 1.73. The zero-order valence-corrected chi connectivity index (χ0v) is 11.1. The average molecular weight is 264 g/mol. The van der Waals surface area contributed by atoms with Gasteiger partial charge in [0.2, 0.25) is 0 Å². The molecule has 0 bridgehead atoms. The molecule has 0 spiro atoms. The van der Waals surface area contributed by atoms with Crippen LogP contribution in [0.4, 0.5) is 5.69 Å². The molecule has 3 N–H and O–H groups in total. The van der Waals surface area contributed by atoms with E-state index in [4.69, 9.17) is 5.11 Å². The summed E-state index contributed by atoms with van der Waals surface area (Å²) < 4.78 is 0. The van der Waals surface area contributed by atoms with Gasteiger partial charge in [-0.3, -0.25) is 4.79 Å². The number of rotatable bonds is 4. The van der Waals surface area contributed by atoms with Crippen LogP contribution in [0, 0.1) is 0 Å². The second-order valence-electron chi connectivity index (χ2n) is 4.70. The van der Waals surface area contributed by atoms with E-state index in [1.165, 1.54) is 0 Å². The number of amides is 1. The molecule has 1 aromatic rings. The van der Waals surface area contributed by atoms with Gasteiger partial charge in [0.1, 0.15) is 5.69 Å². The first kappa shape index (κ1) is 13.8. The zero-order valence-electron chi connectivity index (χ0n) is 11.1. The van der Waals surface area contributed by atoms with Crippen molar-refractivity contribution in [1.82, 2.24) is 15.6 Å². The van der Waals surface area contributed by atoms with Gasteiger partial charge >= 0.3 is 0 Å². The predicted octanol–water partition coefficient (Wildman–Crippen LogP) is -0.398. The van der Waals surface area contributed by atoms with Crippen LogP contribution in [0.15, 0.2) is 18.3 Å². The van der Waals surface area contributed by atoms with Crippen LogP contribution in [-0.4, -0.2) is 54.8 Å². The Morgan fingerprint density at radius 2 is 2.26 bits per heavy atom. The summed E-state index contributed by atoms with van der Waals surface area (Å²) >= 11 is 0.